The number of hydrogen-bond donors (Lipinski definition) is 2. The van der Waals surface area contributed by atoms with Gasteiger partial charge in [0.1, 0.15) is 5.82 Å². The van der Waals surface area contributed by atoms with E-state index in [1.54, 1.807) is 12.1 Å². The van der Waals surface area contributed by atoms with E-state index in [-0.39, 0.29) is 5.82 Å². The van der Waals surface area contributed by atoms with Gasteiger partial charge in [-0.15, -0.1) is 0 Å². The third-order valence-electron chi connectivity index (χ3n) is 2.73. The maximum atomic E-state index is 12.8. The predicted molar refractivity (Wildman–Crippen MR) is 84.5 cm³/mol. The van der Waals surface area contributed by atoms with Crippen LogP contribution >= 0.6 is 15.9 Å². The van der Waals surface area contributed by atoms with E-state index in [1.807, 2.05) is 0 Å². The van der Waals surface area contributed by atoms with Gasteiger partial charge < -0.3 is 15.4 Å². The van der Waals surface area contributed by atoms with Crippen LogP contribution < -0.4 is 10.6 Å². The van der Waals surface area contributed by atoms with E-state index in [9.17, 15) is 14.0 Å². The van der Waals surface area contributed by atoms with Crippen LogP contribution in [0.1, 0.15) is 10.4 Å². The number of anilines is 2. The van der Waals surface area contributed by atoms with Gasteiger partial charge in [-0.2, -0.15) is 0 Å². The molecular formula is C15H12BrFN2O3. The van der Waals surface area contributed by atoms with Gasteiger partial charge in [0, 0.05) is 15.8 Å². The number of nitrogens with one attached hydrogen (secondary N) is 2. The second kappa shape index (κ2) is 7.04. The molecule has 0 atom stereocenters. The van der Waals surface area contributed by atoms with Crippen LogP contribution in [0.4, 0.5) is 20.6 Å². The number of carbonyl (C=O) groups is 2. The van der Waals surface area contributed by atoms with Gasteiger partial charge in [0.05, 0.1) is 12.7 Å². The summed E-state index contributed by atoms with van der Waals surface area (Å²) in [4.78, 5) is 23.4. The van der Waals surface area contributed by atoms with Crippen LogP contribution in [0.2, 0.25) is 0 Å². The Morgan fingerprint density at radius 1 is 1.05 bits per heavy atom. The molecule has 0 aliphatic carbocycles. The monoisotopic (exact) mass is 366 g/mol. The molecule has 0 unspecified atom stereocenters. The van der Waals surface area contributed by atoms with Crippen molar-refractivity contribution in [1.29, 1.82) is 0 Å². The first-order valence-corrected chi connectivity index (χ1v) is 7.00. The third-order valence-corrected chi connectivity index (χ3v) is 3.42. The number of ether oxygens (including phenoxy) is 1. The molecule has 0 heterocycles. The normalized spacial score (nSPS) is 9.95. The molecule has 2 aromatic carbocycles. The van der Waals surface area contributed by atoms with Gasteiger partial charge in [0.25, 0.3) is 0 Å². The van der Waals surface area contributed by atoms with E-state index in [1.165, 1.54) is 37.4 Å². The first kappa shape index (κ1) is 16.0. The maximum Gasteiger partial charge on any atom is 0.339 e. The number of esters is 1. The van der Waals surface area contributed by atoms with E-state index >= 15 is 0 Å². The van der Waals surface area contributed by atoms with Gasteiger partial charge in [-0.1, -0.05) is 0 Å². The largest absolute Gasteiger partial charge is 0.465 e. The highest BCUT2D eigenvalue weighted by Crippen LogP contribution is 2.22. The van der Waals surface area contributed by atoms with Crippen molar-refractivity contribution in [3.8, 4) is 0 Å². The van der Waals surface area contributed by atoms with E-state index < -0.39 is 12.0 Å². The van der Waals surface area contributed by atoms with Gasteiger partial charge in [0.15, 0.2) is 0 Å². The Balaban J connectivity index is 2.08. The van der Waals surface area contributed by atoms with Crippen molar-refractivity contribution < 1.29 is 18.7 Å². The fraction of sp³-hybridized carbons (Fsp3) is 0.0667. The summed E-state index contributed by atoms with van der Waals surface area (Å²) in [6, 6.07) is 9.59. The van der Waals surface area contributed by atoms with Gasteiger partial charge in [0.2, 0.25) is 0 Å². The molecule has 2 N–H and O–H groups in total. The molecule has 7 heteroatoms. The summed E-state index contributed by atoms with van der Waals surface area (Å²) in [6.45, 7) is 0. The number of amides is 2. The Morgan fingerprint density at radius 2 is 1.64 bits per heavy atom. The second-order valence-electron chi connectivity index (χ2n) is 4.27. The summed E-state index contributed by atoms with van der Waals surface area (Å²) < 4.78 is 18.0. The summed E-state index contributed by atoms with van der Waals surface area (Å²) in [5.41, 5.74) is 1.16. The van der Waals surface area contributed by atoms with Crippen molar-refractivity contribution in [2.75, 3.05) is 17.7 Å². The molecule has 2 amide bonds. The van der Waals surface area contributed by atoms with Gasteiger partial charge in [-0.05, 0) is 58.4 Å². The number of rotatable bonds is 3. The Bertz CT molecular complexity index is 704. The molecule has 0 saturated carbocycles. The number of hydrogen-bond acceptors (Lipinski definition) is 3. The molecule has 0 aromatic heterocycles. The Kier molecular flexibility index (Phi) is 5.11. The lowest BCUT2D eigenvalue weighted by Crippen LogP contribution is -2.19. The lowest BCUT2D eigenvalue weighted by Gasteiger charge is -2.09. The molecule has 2 rings (SSSR count). The lowest BCUT2D eigenvalue weighted by atomic mass is 10.2. The zero-order valence-electron chi connectivity index (χ0n) is 11.5. The molecule has 0 fully saturated rings. The Morgan fingerprint density at radius 3 is 2.27 bits per heavy atom. The maximum absolute atomic E-state index is 12.8. The van der Waals surface area contributed by atoms with Crippen molar-refractivity contribution >= 4 is 39.3 Å². The molecule has 0 spiro atoms. The second-order valence-corrected chi connectivity index (χ2v) is 5.13. The average molecular weight is 367 g/mol. The number of halogens is 2. The van der Waals surface area contributed by atoms with Crippen molar-refractivity contribution in [1.82, 2.24) is 0 Å². The molecule has 114 valence electrons. The average Bonchev–Trinajstić information content (AvgIpc) is 2.50. The Labute approximate surface area is 134 Å². The fourth-order valence-electron chi connectivity index (χ4n) is 1.70. The highest BCUT2D eigenvalue weighted by atomic mass is 79.9. The number of benzene rings is 2. The van der Waals surface area contributed by atoms with Crippen LogP contribution in [0.3, 0.4) is 0 Å². The predicted octanol–water partition coefficient (Wildman–Crippen LogP) is 4.02. The van der Waals surface area contributed by atoms with E-state index in [2.05, 4.69) is 31.3 Å². The van der Waals surface area contributed by atoms with Crippen molar-refractivity contribution in [3.63, 3.8) is 0 Å². The minimum Gasteiger partial charge on any atom is -0.465 e. The number of urea groups is 1. The molecule has 0 aliphatic rings. The molecule has 0 radical (unpaired) electrons. The molecule has 5 nitrogen and oxygen atoms in total. The molecular weight excluding hydrogens is 355 g/mol. The van der Waals surface area contributed by atoms with Crippen LogP contribution in [0.5, 0.6) is 0 Å². The van der Waals surface area contributed by atoms with Crippen LogP contribution in [-0.2, 0) is 4.74 Å². The van der Waals surface area contributed by atoms with Crippen LogP contribution in [0, 0.1) is 5.82 Å². The summed E-state index contributed by atoms with van der Waals surface area (Å²) in [7, 11) is 1.27. The molecule has 2 aromatic rings. The summed E-state index contributed by atoms with van der Waals surface area (Å²) in [6.07, 6.45) is 0. The van der Waals surface area contributed by atoms with Crippen molar-refractivity contribution in [3.05, 3.63) is 58.3 Å². The summed E-state index contributed by atoms with van der Waals surface area (Å²) in [5, 5.41) is 5.13. The molecule has 0 aliphatic heterocycles. The SMILES string of the molecule is COC(=O)c1cc(NC(=O)Nc2ccc(F)cc2)ccc1Br. The minimum atomic E-state index is -0.519. The zero-order chi connectivity index (χ0) is 16.1. The number of carbonyl (C=O) groups excluding carboxylic acids is 2. The fourth-order valence-corrected chi connectivity index (χ4v) is 2.10. The van der Waals surface area contributed by atoms with Crippen LogP contribution in [0.25, 0.3) is 0 Å². The first-order valence-electron chi connectivity index (χ1n) is 6.21. The lowest BCUT2D eigenvalue weighted by molar-refractivity contribution is 0.0599. The molecule has 22 heavy (non-hydrogen) atoms. The first-order chi connectivity index (χ1) is 10.5. The standard InChI is InChI=1S/C15H12BrFN2O3/c1-22-14(20)12-8-11(6-7-13(12)16)19-15(21)18-10-4-2-9(17)3-5-10/h2-8H,1H3,(H2,18,19,21). The van der Waals surface area contributed by atoms with Crippen molar-refractivity contribution in [2.24, 2.45) is 0 Å². The smallest absolute Gasteiger partial charge is 0.339 e. The van der Waals surface area contributed by atoms with Gasteiger partial charge in [-0.25, -0.2) is 14.0 Å². The van der Waals surface area contributed by atoms with E-state index in [0.29, 0.717) is 21.4 Å². The van der Waals surface area contributed by atoms with Gasteiger partial charge in [-0.3, -0.25) is 0 Å². The topological polar surface area (TPSA) is 67.4 Å². The summed E-state index contributed by atoms with van der Waals surface area (Å²) in [5.74, 6) is -0.906. The zero-order valence-corrected chi connectivity index (χ0v) is 13.1. The minimum absolute atomic E-state index is 0.294. The van der Waals surface area contributed by atoms with E-state index in [0.717, 1.165) is 0 Å². The van der Waals surface area contributed by atoms with Crippen LogP contribution in [-0.4, -0.2) is 19.1 Å². The van der Waals surface area contributed by atoms with Gasteiger partial charge >= 0.3 is 12.0 Å². The Hall–Kier alpha value is -2.41. The molecule has 0 saturated heterocycles. The quantitative estimate of drug-likeness (QED) is 0.806. The summed E-state index contributed by atoms with van der Waals surface area (Å²) >= 11 is 3.23. The number of methoxy groups -OCH3 is 1. The van der Waals surface area contributed by atoms with Crippen LogP contribution in [0.15, 0.2) is 46.9 Å². The van der Waals surface area contributed by atoms with Crippen molar-refractivity contribution in [2.45, 2.75) is 0 Å². The highest BCUT2D eigenvalue weighted by Gasteiger charge is 2.12. The highest BCUT2D eigenvalue weighted by molar-refractivity contribution is 9.10. The third kappa shape index (κ3) is 4.05. The van der Waals surface area contributed by atoms with E-state index in [4.69, 9.17) is 0 Å². The molecule has 0 bridgehead atoms.